The molecular formula is C13H16N4O. The summed E-state index contributed by atoms with van der Waals surface area (Å²) in [5.41, 5.74) is 1.47. The van der Waals surface area contributed by atoms with Crippen LogP contribution in [0.15, 0.2) is 12.1 Å². The third-order valence-corrected chi connectivity index (χ3v) is 2.99. The quantitative estimate of drug-likeness (QED) is 0.842. The van der Waals surface area contributed by atoms with Gasteiger partial charge in [0.15, 0.2) is 0 Å². The van der Waals surface area contributed by atoms with E-state index in [4.69, 9.17) is 5.26 Å². The fourth-order valence-corrected chi connectivity index (χ4v) is 2.25. The van der Waals surface area contributed by atoms with Crippen molar-refractivity contribution in [1.29, 1.82) is 5.26 Å². The van der Waals surface area contributed by atoms with Gasteiger partial charge in [-0.15, -0.1) is 0 Å². The zero-order valence-corrected chi connectivity index (χ0v) is 10.6. The largest absolute Gasteiger partial charge is 0.354 e. The highest BCUT2D eigenvalue weighted by Gasteiger charge is 2.24. The first-order chi connectivity index (χ1) is 8.58. The number of amides is 1. The predicted molar refractivity (Wildman–Crippen MR) is 68.1 cm³/mol. The van der Waals surface area contributed by atoms with Gasteiger partial charge in [-0.05, 0) is 25.5 Å². The highest BCUT2D eigenvalue weighted by Crippen LogP contribution is 2.20. The number of nitrogens with zero attached hydrogens (tertiary/aromatic N) is 3. The zero-order valence-electron chi connectivity index (χ0n) is 10.6. The van der Waals surface area contributed by atoms with Crippen molar-refractivity contribution in [3.05, 3.63) is 23.4 Å². The van der Waals surface area contributed by atoms with Crippen LogP contribution in [-0.4, -0.2) is 30.0 Å². The molecule has 1 unspecified atom stereocenters. The first kappa shape index (κ1) is 12.4. The Labute approximate surface area is 106 Å². The maximum absolute atomic E-state index is 11.0. The average molecular weight is 244 g/mol. The van der Waals surface area contributed by atoms with E-state index in [1.807, 2.05) is 6.92 Å². The van der Waals surface area contributed by atoms with Crippen LogP contribution in [0.4, 0.5) is 5.82 Å². The maximum Gasteiger partial charge on any atom is 0.217 e. The Hall–Kier alpha value is -2.09. The highest BCUT2D eigenvalue weighted by atomic mass is 16.1. The van der Waals surface area contributed by atoms with Crippen molar-refractivity contribution >= 4 is 11.7 Å². The first-order valence-electron chi connectivity index (χ1n) is 5.99. The van der Waals surface area contributed by atoms with E-state index in [0.29, 0.717) is 5.56 Å². The van der Waals surface area contributed by atoms with Gasteiger partial charge in [-0.3, -0.25) is 4.79 Å². The molecular weight excluding hydrogens is 228 g/mol. The van der Waals surface area contributed by atoms with E-state index in [1.54, 1.807) is 12.1 Å². The zero-order chi connectivity index (χ0) is 13.1. The maximum atomic E-state index is 11.0. The number of carbonyl (C=O) groups excluding carboxylic acids is 1. The summed E-state index contributed by atoms with van der Waals surface area (Å²) in [4.78, 5) is 17.6. The molecule has 1 saturated heterocycles. The van der Waals surface area contributed by atoms with Crippen LogP contribution in [0.2, 0.25) is 0 Å². The Balaban J connectivity index is 2.12. The lowest BCUT2D eigenvalue weighted by Crippen LogP contribution is -2.35. The molecule has 5 heteroatoms. The fraction of sp³-hybridized carbons (Fsp3) is 0.462. The van der Waals surface area contributed by atoms with Crippen LogP contribution < -0.4 is 10.2 Å². The molecule has 1 aromatic rings. The van der Waals surface area contributed by atoms with Gasteiger partial charge < -0.3 is 10.2 Å². The molecule has 18 heavy (non-hydrogen) atoms. The number of nitrogens with one attached hydrogen (secondary N) is 1. The molecule has 1 aromatic heterocycles. The van der Waals surface area contributed by atoms with Crippen molar-refractivity contribution in [3.8, 4) is 6.07 Å². The molecule has 0 saturated carbocycles. The second-order valence-electron chi connectivity index (χ2n) is 4.60. The summed E-state index contributed by atoms with van der Waals surface area (Å²) in [6, 6.07) is 5.88. The number of aromatic nitrogens is 1. The summed E-state index contributed by atoms with van der Waals surface area (Å²) in [6.07, 6.45) is 0.914. The first-order valence-corrected chi connectivity index (χ1v) is 5.99. The number of hydrogen-bond donors (Lipinski definition) is 1. The molecule has 94 valence electrons. The van der Waals surface area contributed by atoms with Gasteiger partial charge in [-0.2, -0.15) is 5.26 Å². The van der Waals surface area contributed by atoms with E-state index in [1.165, 1.54) is 6.92 Å². The standard InChI is InChI=1S/C13H16N4O/c1-9-5-11(7-14)6-13(15-9)17-4-3-12(8-17)16-10(2)18/h5-6,12H,3-4,8H2,1-2H3,(H,16,18). The molecule has 2 rings (SSSR count). The molecule has 0 radical (unpaired) electrons. The summed E-state index contributed by atoms with van der Waals surface area (Å²) in [6.45, 7) is 5.01. The minimum atomic E-state index is -0.00300. The van der Waals surface area contributed by atoms with E-state index < -0.39 is 0 Å². The SMILES string of the molecule is CC(=O)NC1CCN(c2cc(C#N)cc(C)n2)C1. The second kappa shape index (κ2) is 5.05. The molecule has 1 N–H and O–H groups in total. The number of rotatable bonds is 2. The van der Waals surface area contributed by atoms with Crippen molar-refractivity contribution < 1.29 is 4.79 Å². The van der Waals surface area contributed by atoms with E-state index >= 15 is 0 Å². The molecule has 5 nitrogen and oxygen atoms in total. The lowest BCUT2D eigenvalue weighted by Gasteiger charge is -2.18. The second-order valence-corrected chi connectivity index (χ2v) is 4.60. The molecule has 0 bridgehead atoms. The minimum Gasteiger partial charge on any atom is -0.354 e. The van der Waals surface area contributed by atoms with Crippen LogP contribution in [0.25, 0.3) is 0 Å². The number of hydrogen-bond acceptors (Lipinski definition) is 4. The van der Waals surface area contributed by atoms with Crippen molar-refractivity contribution in [1.82, 2.24) is 10.3 Å². The van der Waals surface area contributed by atoms with Crippen molar-refractivity contribution in [3.63, 3.8) is 0 Å². The molecule has 1 fully saturated rings. The van der Waals surface area contributed by atoms with E-state index in [2.05, 4.69) is 21.3 Å². The van der Waals surface area contributed by atoms with E-state index in [9.17, 15) is 4.79 Å². The van der Waals surface area contributed by atoms with Gasteiger partial charge in [0.25, 0.3) is 0 Å². The molecule has 0 aromatic carbocycles. The Bertz CT molecular complexity index is 506. The van der Waals surface area contributed by atoms with Crippen LogP contribution in [0.5, 0.6) is 0 Å². The average Bonchev–Trinajstić information content (AvgIpc) is 2.75. The predicted octanol–water partition coefficient (Wildman–Crippen LogP) is 0.976. The monoisotopic (exact) mass is 244 g/mol. The van der Waals surface area contributed by atoms with Crippen molar-refractivity contribution in [2.45, 2.75) is 26.3 Å². The summed E-state index contributed by atoms with van der Waals surface area (Å²) in [5.74, 6) is 0.816. The normalized spacial score (nSPS) is 18.5. The highest BCUT2D eigenvalue weighted by molar-refractivity contribution is 5.73. The summed E-state index contributed by atoms with van der Waals surface area (Å²) >= 11 is 0. The number of pyridine rings is 1. The summed E-state index contributed by atoms with van der Waals surface area (Å²) in [5, 5.41) is 11.9. The summed E-state index contributed by atoms with van der Waals surface area (Å²) in [7, 11) is 0. The molecule has 1 aliphatic rings. The van der Waals surface area contributed by atoms with Gasteiger partial charge in [0, 0.05) is 31.7 Å². The molecule has 1 atom stereocenters. The number of nitriles is 1. The molecule has 2 heterocycles. The Morgan fingerprint density at radius 2 is 2.39 bits per heavy atom. The van der Waals surface area contributed by atoms with Crippen LogP contribution in [0.3, 0.4) is 0 Å². The summed E-state index contributed by atoms with van der Waals surface area (Å²) < 4.78 is 0. The van der Waals surface area contributed by atoms with Crippen LogP contribution in [-0.2, 0) is 4.79 Å². The number of anilines is 1. The third kappa shape index (κ3) is 2.77. The third-order valence-electron chi connectivity index (χ3n) is 2.99. The van der Waals surface area contributed by atoms with Crippen LogP contribution >= 0.6 is 0 Å². The van der Waals surface area contributed by atoms with Gasteiger partial charge in [-0.1, -0.05) is 0 Å². The smallest absolute Gasteiger partial charge is 0.217 e. The Kier molecular flexibility index (Phi) is 3.47. The van der Waals surface area contributed by atoms with Gasteiger partial charge in [0.2, 0.25) is 5.91 Å². The number of aryl methyl sites for hydroxylation is 1. The van der Waals surface area contributed by atoms with Crippen molar-refractivity contribution in [2.75, 3.05) is 18.0 Å². The van der Waals surface area contributed by atoms with Crippen molar-refractivity contribution in [2.24, 2.45) is 0 Å². The molecule has 0 aliphatic carbocycles. The molecule has 1 aliphatic heterocycles. The lowest BCUT2D eigenvalue weighted by molar-refractivity contribution is -0.119. The Morgan fingerprint density at radius 3 is 3.06 bits per heavy atom. The molecule has 1 amide bonds. The fourth-order valence-electron chi connectivity index (χ4n) is 2.25. The Morgan fingerprint density at radius 1 is 1.61 bits per heavy atom. The van der Waals surface area contributed by atoms with Crippen LogP contribution in [0, 0.1) is 18.3 Å². The lowest BCUT2D eigenvalue weighted by atomic mass is 10.2. The van der Waals surface area contributed by atoms with Crippen LogP contribution in [0.1, 0.15) is 24.6 Å². The minimum absolute atomic E-state index is 0.00300. The van der Waals surface area contributed by atoms with Gasteiger partial charge in [0.05, 0.1) is 11.6 Å². The van der Waals surface area contributed by atoms with E-state index in [-0.39, 0.29) is 11.9 Å². The number of carbonyl (C=O) groups is 1. The van der Waals surface area contributed by atoms with Gasteiger partial charge >= 0.3 is 0 Å². The molecule has 0 spiro atoms. The van der Waals surface area contributed by atoms with Gasteiger partial charge in [0.1, 0.15) is 5.82 Å². The topological polar surface area (TPSA) is 69.0 Å². The van der Waals surface area contributed by atoms with Gasteiger partial charge in [-0.25, -0.2) is 4.98 Å². The van der Waals surface area contributed by atoms with E-state index in [0.717, 1.165) is 31.0 Å².